The van der Waals surface area contributed by atoms with Crippen LogP contribution in [0.3, 0.4) is 0 Å². The summed E-state index contributed by atoms with van der Waals surface area (Å²) in [5.41, 5.74) is 0.467. The summed E-state index contributed by atoms with van der Waals surface area (Å²) in [5.74, 6) is -0.533. The Bertz CT molecular complexity index is 1040. The minimum atomic E-state index is -3.90. The summed E-state index contributed by atoms with van der Waals surface area (Å²) in [5, 5.41) is 0. The van der Waals surface area contributed by atoms with Crippen LogP contribution in [0.4, 0.5) is 5.69 Å². The van der Waals surface area contributed by atoms with Gasteiger partial charge in [-0.2, -0.15) is 4.31 Å². The molecule has 158 valence electrons. The number of sulfonamides is 2. The highest BCUT2D eigenvalue weighted by molar-refractivity contribution is 7.92. The van der Waals surface area contributed by atoms with E-state index in [1.807, 2.05) is 0 Å². The smallest absolute Gasteiger partial charge is 0.338 e. The number of anilines is 1. The minimum Gasteiger partial charge on any atom is -0.462 e. The number of carbonyl (C=O) groups is 1. The molecule has 1 N–H and O–H groups in total. The van der Waals surface area contributed by atoms with Crippen LogP contribution >= 0.6 is 0 Å². The van der Waals surface area contributed by atoms with Gasteiger partial charge in [-0.1, -0.05) is 13.8 Å². The lowest BCUT2D eigenvalue weighted by atomic mass is 10.2. The van der Waals surface area contributed by atoms with Crippen molar-refractivity contribution in [3.8, 4) is 0 Å². The molecule has 0 radical (unpaired) electrons. The van der Waals surface area contributed by atoms with Crippen molar-refractivity contribution in [1.82, 2.24) is 4.31 Å². The van der Waals surface area contributed by atoms with Crippen molar-refractivity contribution in [2.75, 3.05) is 24.4 Å². The lowest BCUT2D eigenvalue weighted by molar-refractivity contribution is 0.0526. The Kier molecular flexibility index (Phi) is 7.39. The number of hydrogen-bond acceptors (Lipinski definition) is 6. The van der Waals surface area contributed by atoms with Crippen molar-refractivity contribution in [2.24, 2.45) is 0 Å². The van der Waals surface area contributed by atoms with E-state index in [0.717, 1.165) is 0 Å². The zero-order valence-corrected chi connectivity index (χ0v) is 18.1. The van der Waals surface area contributed by atoms with E-state index in [0.29, 0.717) is 13.1 Å². The Hall–Kier alpha value is -2.43. The van der Waals surface area contributed by atoms with Gasteiger partial charge in [0.15, 0.2) is 0 Å². The van der Waals surface area contributed by atoms with Gasteiger partial charge in [-0.05, 0) is 55.5 Å². The van der Waals surface area contributed by atoms with E-state index in [1.165, 1.54) is 52.8 Å². The molecular weight excluding hydrogens is 416 g/mol. The Morgan fingerprint density at radius 2 is 1.38 bits per heavy atom. The normalized spacial score (nSPS) is 12.0. The van der Waals surface area contributed by atoms with E-state index in [1.54, 1.807) is 20.8 Å². The third-order valence-corrected chi connectivity index (χ3v) is 7.59. The van der Waals surface area contributed by atoms with Crippen LogP contribution in [0.15, 0.2) is 58.3 Å². The summed E-state index contributed by atoms with van der Waals surface area (Å²) in [6.07, 6.45) is 0. The average Bonchev–Trinajstić information content (AvgIpc) is 2.69. The fourth-order valence-corrected chi connectivity index (χ4v) is 5.12. The van der Waals surface area contributed by atoms with E-state index in [4.69, 9.17) is 4.74 Å². The van der Waals surface area contributed by atoms with E-state index in [2.05, 4.69) is 4.72 Å². The van der Waals surface area contributed by atoms with Gasteiger partial charge in [0.2, 0.25) is 10.0 Å². The predicted octanol–water partition coefficient (Wildman–Crippen LogP) is 2.69. The van der Waals surface area contributed by atoms with Crippen molar-refractivity contribution in [3.05, 3.63) is 54.1 Å². The summed E-state index contributed by atoms with van der Waals surface area (Å²) < 4.78 is 58.6. The fourth-order valence-electron chi connectivity index (χ4n) is 2.61. The molecule has 0 aliphatic carbocycles. The van der Waals surface area contributed by atoms with Gasteiger partial charge in [-0.3, -0.25) is 4.72 Å². The van der Waals surface area contributed by atoms with Crippen LogP contribution in [0.5, 0.6) is 0 Å². The second-order valence-electron chi connectivity index (χ2n) is 5.96. The Balaban J connectivity index is 2.20. The zero-order chi connectivity index (χ0) is 21.7. The van der Waals surface area contributed by atoms with Crippen molar-refractivity contribution in [2.45, 2.75) is 30.6 Å². The number of ether oxygens (including phenoxy) is 1. The van der Waals surface area contributed by atoms with Gasteiger partial charge in [-0.15, -0.1) is 0 Å². The maximum absolute atomic E-state index is 12.5. The van der Waals surface area contributed by atoms with E-state index in [-0.39, 0.29) is 27.6 Å². The van der Waals surface area contributed by atoms with Crippen LogP contribution < -0.4 is 4.72 Å². The summed E-state index contributed by atoms with van der Waals surface area (Å²) in [6.45, 7) is 6.08. The highest BCUT2D eigenvalue weighted by Crippen LogP contribution is 2.21. The summed E-state index contributed by atoms with van der Waals surface area (Å²) in [4.78, 5) is 11.7. The lowest BCUT2D eigenvalue weighted by Crippen LogP contribution is -2.30. The minimum absolute atomic E-state index is 0.0367. The second-order valence-corrected chi connectivity index (χ2v) is 9.58. The first-order valence-corrected chi connectivity index (χ1v) is 12.0. The van der Waals surface area contributed by atoms with Crippen molar-refractivity contribution >= 4 is 31.7 Å². The van der Waals surface area contributed by atoms with Gasteiger partial charge < -0.3 is 4.74 Å². The molecule has 0 aliphatic heterocycles. The van der Waals surface area contributed by atoms with Crippen molar-refractivity contribution in [1.29, 1.82) is 0 Å². The first kappa shape index (κ1) is 22.9. The molecule has 0 spiro atoms. The molecule has 2 rings (SSSR count). The van der Waals surface area contributed by atoms with Gasteiger partial charge in [-0.25, -0.2) is 21.6 Å². The van der Waals surface area contributed by atoms with Crippen LogP contribution in [-0.2, 0) is 24.8 Å². The third-order valence-electron chi connectivity index (χ3n) is 4.13. The highest BCUT2D eigenvalue weighted by Gasteiger charge is 2.22. The molecular formula is C19H24N2O6S2. The quantitative estimate of drug-likeness (QED) is 0.601. The van der Waals surface area contributed by atoms with Crippen LogP contribution in [0, 0.1) is 0 Å². The first-order chi connectivity index (χ1) is 13.7. The van der Waals surface area contributed by atoms with E-state index in [9.17, 15) is 21.6 Å². The largest absolute Gasteiger partial charge is 0.462 e. The molecule has 0 bridgehead atoms. The number of esters is 1. The number of rotatable bonds is 9. The number of benzene rings is 2. The summed E-state index contributed by atoms with van der Waals surface area (Å²) >= 11 is 0. The zero-order valence-electron chi connectivity index (χ0n) is 16.5. The molecule has 0 fully saturated rings. The second kappa shape index (κ2) is 9.38. The number of nitrogens with one attached hydrogen (secondary N) is 1. The number of carbonyl (C=O) groups excluding carboxylic acids is 1. The van der Waals surface area contributed by atoms with E-state index >= 15 is 0 Å². The molecule has 2 aromatic carbocycles. The van der Waals surface area contributed by atoms with Crippen LogP contribution in [0.25, 0.3) is 0 Å². The van der Waals surface area contributed by atoms with Crippen molar-refractivity contribution in [3.63, 3.8) is 0 Å². The molecule has 0 saturated heterocycles. The molecule has 0 amide bonds. The van der Waals surface area contributed by atoms with Gasteiger partial charge in [0.1, 0.15) is 0 Å². The monoisotopic (exact) mass is 440 g/mol. The van der Waals surface area contributed by atoms with Crippen LogP contribution in [-0.4, -0.2) is 46.8 Å². The number of hydrogen-bond donors (Lipinski definition) is 1. The van der Waals surface area contributed by atoms with Crippen LogP contribution in [0.2, 0.25) is 0 Å². The predicted molar refractivity (Wildman–Crippen MR) is 110 cm³/mol. The SMILES string of the molecule is CCOC(=O)c1ccc(S(=O)(=O)Nc2ccc(S(=O)(=O)N(CC)CC)cc2)cc1. The first-order valence-electron chi connectivity index (χ1n) is 9.06. The molecule has 0 heterocycles. The van der Waals surface area contributed by atoms with Gasteiger partial charge >= 0.3 is 5.97 Å². The Labute approximate surface area is 171 Å². The van der Waals surface area contributed by atoms with Crippen molar-refractivity contribution < 1.29 is 26.4 Å². The highest BCUT2D eigenvalue weighted by atomic mass is 32.2. The molecule has 0 aliphatic rings. The third kappa shape index (κ3) is 5.34. The van der Waals surface area contributed by atoms with Gasteiger partial charge in [0.25, 0.3) is 10.0 Å². The Morgan fingerprint density at radius 3 is 1.86 bits per heavy atom. The lowest BCUT2D eigenvalue weighted by Gasteiger charge is -2.18. The average molecular weight is 441 g/mol. The summed E-state index contributed by atoms with van der Waals surface area (Å²) in [6, 6.07) is 10.8. The molecule has 8 nitrogen and oxygen atoms in total. The Morgan fingerprint density at radius 1 is 0.862 bits per heavy atom. The fraction of sp³-hybridized carbons (Fsp3) is 0.316. The maximum atomic E-state index is 12.5. The topological polar surface area (TPSA) is 110 Å². The van der Waals surface area contributed by atoms with Crippen LogP contribution in [0.1, 0.15) is 31.1 Å². The maximum Gasteiger partial charge on any atom is 0.338 e. The molecule has 0 aromatic heterocycles. The standard InChI is InChI=1S/C19H24N2O6S2/c1-4-21(5-2)29(25,26)18-13-9-16(10-14-18)20-28(23,24)17-11-7-15(8-12-17)19(22)27-6-3/h7-14,20H,4-6H2,1-3H3. The molecule has 0 saturated carbocycles. The molecule has 29 heavy (non-hydrogen) atoms. The molecule has 0 unspecified atom stereocenters. The molecule has 10 heteroatoms. The number of nitrogens with zero attached hydrogens (tertiary/aromatic N) is 1. The van der Waals surface area contributed by atoms with Gasteiger partial charge in [0, 0.05) is 18.8 Å². The summed E-state index contributed by atoms with van der Waals surface area (Å²) in [7, 11) is -7.52. The molecule has 2 aromatic rings. The van der Waals surface area contributed by atoms with E-state index < -0.39 is 26.0 Å². The van der Waals surface area contributed by atoms with Gasteiger partial charge in [0.05, 0.1) is 22.0 Å². The molecule has 0 atom stereocenters.